The third kappa shape index (κ3) is 2.41. The van der Waals surface area contributed by atoms with Gasteiger partial charge in [0.2, 0.25) is 10.0 Å². The molecule has 0 amide bonds. The molecule has 0 saturated heterocycles. The van der Waals surface area contributed by atoms with Crippen LogP contribution in [0, 0.1) is 0 Å². The first-order valence-electron chi connectivity index (χ1n) is 5.38. The predicted molar refractivity (Wildman–Crippen MR) is 68.1 cm³/mol. The Labute approximate surface area is 115 Å². The van der Waals surface area contributed by atoms with Gasteiger partial charge in [0, 0.05) is 26.1 Å². The molecule has 1 aliphatic heterocycles. The minimum Gasteiger partial charge on any atom is -0.478 e. The highest BCUT2D eigenvalue weighted by Crippen LogP contribution is 2.38. The van der Waals surface area contributed by atoms with E-state index >= 15 is 0 Å². The average molecular weight is 306 g/mol. The SMILES string of the molecule is CN(C)S(=O)(=O)c1cc(Cl)c2c(c1)C[C@@H](C(=O)O)O2. The van der Waals surface area contributed by atoms with Crippen LogP contribution in [0.5, 0.6) is 5.75 Å². The van der Waals surface area contributed by atoms with E-state index < -0.39 is 22.1 Å². The van der Waals surface area contributed by atoms with Crippen LogP contribution in [0.1, 0.15) is 5.56 Å². The molecule has 2 rings (SSSR count). The van der Waals surface area contributed by atoms with Crippen molar-refractivity contribution in [2.45, 2.75) is 17.4 Å². The van der Waals surface area contributed by atoms with E-state index in [-0.39, 0.29) is 22.1 Å². The summed E-state index contributed by atoms with van der Waals surface area (Å²) >= 11 is 5.95. The molecule has 1 atom stereocenters. The van der Waals surface area contributed by atoms with Gasteiger partial charge >= 0.3 is 5.97 Å². The third-order valence-corrected chi connectivity index (χ3v) is 4.89. The lowest BCUT2D eigenvalue weighted by atomic mass is 10.1. The molecule has 104 valence electrons. The summed E-state index contributed by atoms with van der Waals surface area (Å²) in [5.74, 6) is -0.865. The number of hydrogen-bond donors (Lipinski definition) is 1. The lowest BCUT2D eigenvalue weighted by Gasteiger charge is -2.12. The van der Waals surface area contributed by atoms with Crippen LogP contribution < -0.4 is 4.74 Å². The highest BCUT2D eigenvalue weighted by Gasteiger charge is 2.32. The maximum Gasteiger partial charge on any atom is 0.345 e. The smallest absolute Gasteiger partial charge is 0.345 e. The number of fused-ring (bicyclic) bond motifs is 1. The summed E-state index contributed by atoms with van der Waals surface area (Å²) in [6, 6.07) is 2.67. The number of rotatable bonds is 3. The van der Waals surface area contributed by atoms with Crippen molar-refractivity contribution in [1.82, 2.24) is 4.31 Å². The van der Waals surface area contributed by atoms with Crippen molar-refractivity contribution >= 4 is 27.6 Å². The Morgan fingerprint density at radius 2 is 2.11 bits per heavy atom. The lowest BCUT2D eigenvalue weighted by Crippen LogP contribution is -2.24. The number of aliphatic carboxylic acids is 1. The van der Waals surface area contributed by atoms with Crippen LogP contribution in [0.3, 0.4) is 0 Å². The zero-order valence-electron chi connectivity index (χ0n) is 10.3. The summed E-state index contributed by atoms with van der Waals surface area (Å²) in [6.45, 7) is 0. The molecule has 0 bridgehead atoms. The van der Waals surface area contributed by atoms with Crippen LogP contribution in [0.2, 0.25) is 5.02 Å². The maximum atomic E-state index is 12.0. The van der Waals surface area contributed by atoms with Crippen molar-refractivity contribution in [2.75, 3.05) is 14.1 Å². The van der Waals surface area contributed by atoms with Gasteiger partial charge < -0.3 is 9.84 Å². The van der Waals surface area contributed by atoms with Gasteiger partial charge in [-0.05, 0) is 12.1 Å². The standard InChI is InChI=1S/C11H12ClNO5S/c1-13(2)19(16,17)7-3-6-4-9(11(14)15)18-10(6)8(12)5-7/h3,5,9H,4H2,1-2H3,(H,14,15)/t9-/m0/s1. The highest BCUT2D eigenvalue weighted by molar-refractivity contribution is 7.89. The molecule has 0 radical (unpaired) electrons. The zero-order valence-corrected chi connectivity index (χ0v) is 11.8. The van der Waals surface area contributed by atoms with Gasteiger partial charge in [0.15, 0.2) is 6.10 Å². The number of nitrogens with zero attached hydrogens (tertiary/aromatic N) is 1. The molecule has 1 aliphatic rings. The van der Waals surface area contributed by atoms with Crippen LogP contribution in [-0.4, -0.2) is 44.0 Å². The number of carboxylic acids is 1. The van der Waals surface area contributed by atoms with Crippen molar-refractivity contribution in [3.8, 4) is 5.75 Å². The topological polar surface area (TPSA) is 83.9 Å². The van der Waals surface area contributed by atoms with Gasteiger partial charge in [0.25, 0.3) is 0 Å². The van der Waals surface area contributed by atoms with E-state index in [1.807, 2.05) is 0 Å². The first-order chi connectivity index (χ1) is 8.73. The van der Waals surface area contributed by atoms with Crippen molar-refractivity contribution in [3.05, 3.63) is 22.7 Å². The molecule has 19 heavy (non-hydrogen) atoms. The van der Waals surface area contributed by atoms with Crippen LogP contribution >= 0.6 is 11.6 Å². The molecule has 1 heterocycles. The number of halogens is 1. The summed E-state index contributed by atoms with van der Waals surface area (Å²) in [5.41, 5.74) is 0.486. The highest BCUT2D eigenvalue weighted by atomic mass is 35.5. The number of carboxylic acid groups (broad SMARTS) is 1. The van der Waals surface area contributed by atoms with E-state index in [1.165, 1.54) is 26.2 Å². The Morgan fingerprint density at radius 1 is 1.47 bits per heavy atom. The number of benzene rings is 1. The summed E-state index contributed by atoms with van der Waals surface area (Å²) in [5, 5.41) is 9.00. The number of ether oxygens (including phenoxy) is 1. The fraction of sp³-hybridized carbons (Fsp3) is 0.364. The number of sulfonamides is 1. The molecular weight excluding hydrogens is 294 g/mol. The second-order valence-corrected chi connectivity index (χ2v) is 6.89. The van der Waals surface area contributed by atoms with Gasteiger partial charge in [0.05, 0.1) is 9.92 Å². The second-order valence-electron chi connectivity index (χ2n) is 4.33. The maximum absolute atomic E-state index is 12.0. The van der Waals surface area contributed by atoms with Gasteiger partial charge in [-0.25, -0.2) is 17.5 Å². The Bertz CT molecular complexity index is 641. The third-order valence-electron chi connectivity index (χ3n) is 2.81. The van der Waals surface area contributed by atoms with Crippen molar-refractivity contribution < 1.29 is 23.1 Å². The molecule has 0 aliphatic carbocycles. The fourth-order valence-corrected chi connectivity index (χ4v) is 3.12. The predicted octanol–water partition coefficient (Wildman–Crippen LogP) is 0.978. The van der Waals surface area contributed by atoms with E-state index in [0.717, 1.165) is 4.31 Å². The first-order valence-corrected chi connectivity index (χ1v) is 7.19. The molecule has 6 nitrogen and oxygen atoms in total. The van der Waals surface area contributed by atoms with Crippen molar-refractivity contribution in [2.24, 2.45) is 0 Å². The van der Waals surface area contributed by atoms with Gasteiger partial charge in [-0.2, -0.15) is 0 Å². The summed E-state index contributed by atoms with van der Waals surface area (Å²) in [4.78, 5) is 10.9. The molecule has 0 spiro atoms. The second kappa shape index (κ2) is 4.66. The van der Waals surface area contributed by atoms with Gasteiger partial charge in [0.1, 0.15) is 5.75 Å². The average Bonchev–Trinajstić information content (AvgIpc) is 2.73. The molecule has 1 N–H and O–H groups in total. The Balaban J connectivity index is 2.49. The van der Waals surface area contributed by atoms with E-state index in [1.54, 1.807) is 0 Å². The number of carbonyl (C=O) groups is 1. The van der Waals surface area contributed by atoms with Crippen molar-refractivity contribution in [3.63, 3.8) is 0 Å². The van der Waals surface area contributed by atoms with Crippen LogP contribution in [-0.2, 0) is 21.2 Å². The minimum atomic E-state index is -3.61. The molecule has 1 aromatic rings. The molecule has 8 heteroatoms. The molecular formula is C11H12ClNO5S. The quantitative estimate of drug-likeness (QED) is 0.900. The molecule has 0 aromatic heterocycles. The Hall–Kier alpha value is -1.31. The normalized spacial score (nSPS) is 18.2. The molecule has 0 saturated carbocycles. The van der Waals surface area contributed by atoms with Crippen LogP contribution in [0.15, 0.2) is 17.0 Å². The summed E-state index contributed by atoms with van der Waals surface area (Å²) < 4.78 is 30.3. The fourth-order valence-electron chi connectivity index (χ4n) is 1.79. The summed E-state index contributed by atoms with van der Waals surface area (Å²) in [6.07, 6.45) is -0.925. The zero-order chi connectivity index (χ0) is 14.4. The molecule has 1 aromatic carbocycles. The van der Waals surface area contributed by atoms with Crippen LogP contribution in [0.4, 0.5) is 0 Å². The van der Waals surface area contributed by atoms with E-state index in [4.69, 9.17) is 21.4 Å². The van der Waals surface area contributed by atoms with E-state index in [2.05, 4.69) is 0 Å². The Morgan fingerprint density at radius 3 is 2.63 bits per heavy atom. The van der Waals surface area contributed by atoms with E-state index in [9.17, 15) is 13.2 Å². The monoisotopic (exact) mass is 305 g/mol. The van der Waals surface area contributed by atoms with Gasteiger partial charge in [-0.15, -0.1) is 0 Å². The first kappa shape index (κ1) is 14.1. The van der Waals surface area contributed by atoms with Gasteiger partial charge in [-0.3, -0.25) is 0 Å². The van der Waals surface area contributed by atoms with Crippen molar-refractivity contribution in [1.29, 1.82) is 0 Å². The number of hydrogen-bond acceptors (Lipinski definition) is 4. The van der Waals surface area contributed by atoms with Crippen LogP contribution in [0.25, 0.3) is 0 Å². The Kier molecular flexibility index (Phi) is 3.46. The lowest BCUT2D eigenvalue weighted by molar-refractivity contribution is -0.144. The summed E-state index contributed by atoms with van der Waals surface area (Å²) in [7, 11) is -0.793. The van der Waals surface area contributed by atoms with Gasteiger partial charge in [-0.1, -0.05) is 11.6 Å². The molecule has 0 unspecified atom stereocenters. The van der Waals surface area contributed by atoms with E-state index in [0.29, 0.717) is 5.56 Å². The largest absolute Gasteiger partial charge is 0.478 e. The molecule has 0 fully saturated rings. The minimum absolute atomic E-state index is 0.0240.